The maximum Gasteiger partial charge on any atom is 0.240 e. The fourth-order valence-electron chi connectivity index (χ4n) is 0.789. The van der Waals surface area contributed by atoms with Crippen molar-refractivity contribution in [2.75, 3.05) is 11.2 Å². The third-order valence-corrected chi connectivity index (χ3v) is 1.52. The lowest BCUT2D eigenvalue weighted by Crippen LogP contribution is -2.13. The molecule has 1 rings (SSSR count). The van der Waals surface area contributed by atoms with E-state index in [0.29, 0.717) is 5.82 Å². The van der Waals surface area contributed by atoms with Crippen molar-refractivity contribution in [3.63, 3.8) is 0 Å². The van der Waals surface area contributed by atoms with Crippen LogP contribution in [0.25, 0.3) is 0 Å². The highest BCUT2D eigenvalue weighted by Gasteiger charge is 1.99. The van der Waals surface area contributed by atoms with Crippen LogP contribution in [-0.2, 0) is 4.79 Å². The zero-order valence-electron chi connectivity index (χ0n) is 7.08. The molecular weight excluding hydrogens is 211 g/mol. The summed E-state index contributed by atoms with van der Waals surface area (Å²) in [4.78, 5) is 14.9. The van der Waals surface area contributed by atoms with Crippen LogP contribution in [0.15, 0.2) is 18.2 Å². The van der Waals surface area contributed by atoms with E-state index in [1.165, 1.54) is 0 Å². The SMILES string of the molecule is Cc1cccc(NC(=O)CCl)n1.Cl. The van der Waals surface area contributed by atoms with Gasteiger partial charge in [0.2, 0.25) is 5.91 Å². The molecule has 1 aromatic rings. The van der Waals surface area contributed by atoms with Gasteiger partial charge in [-0.1, -0.05) is 6.07 Å². The minimum Gasteiger partial charge on any atom is -0.310 e. The van der Waals surface area contributed by atoms with E-state index in [0.717, 1.165) is 5.69 Å². The third-order valence-electron chi connectivity index (χ3n) is 1.28. The molecule has 0 radical (unpaired) electrons. The number of aryl methyl sites for hydroxylation is 1. The lowest BCUT2D eigenvalue weighted by atomic mass is 10.4. The molecule has 1 amide bonds. The zero-order valence-corrected chi connectivity index (χ0v) is 8.65. The van der Waals surface area contributed by atoms with Crippen molar-refractivity contribution in [2.24, 2.45) is 0 Å². The van der Waals surface area contributed by atoms with Gasteiger partial charge in [0.15, 0.2) is 0 Å². The van der Waals surface area contributed by atoms with Crippen LogP contribution in [0, 0.1) is 6.92 Å². The van der Waals surface area contributed by atoms with Crippen LogP contribution in [-0.4, -0.2) is 16.8 Å². The molecule has 0 unspecified atom stereocenters. The van der Waals surface area contributed by atoms with Gasteiger partial charge in [-0.3, -0.25) is 4.79 Å². The number of nitrogens with one attached hydrogen (secondary N) is 1. The molecule has 13 heavy (non-hydrogen) atoms. The van der Waals surface area contributed by atoms with Gasteiger partial charge in [0.1, 0.15) is 11.7 Å². The van der Waals surface area contributed by atoms with E-state index in [4.69, 9.17) is 11.6 Å². The van der Waals surface area contributed by atoms with E-state index in [-0.39, 0.29) is 24.2 Å². The predicted octanol–water partition coefficient (Wildman–Crippen LogP) is 1.99. The molecule has 0 saturated heterocycles. The monoisotopic (exact) mass is 220 g/mol. The molecule has 5 heteroatoms. The van der Waals surface area contributed by atoms with Gasteiger partial charge in [-0.25, -0.2) is 4.98 Å². The van der Waals surface area contributed by atoms with E-state index in [2.05, 4.69) is 10.3 Å². The summed E-state index contributed by atoms with van der Waals surface area (Å²) in [6, 6.07) is 5.40. The largest absolute Gasteiger partial charge is 0.310 e. The minimum atomic E-state index is -0.241. The second-order valence-corrected chi connectivity index (χ2v) is 2.61. The van der Waals surface area contributed by atoms with Crippen LogP contribution in [0.3, 0.4) is 0 Å². The Hall–Kier alpha value is -0.800. The number of aromatic nitrogens is 1. The molecule has 0 bridgehead atoms. The van der Waals surface area contributed by atoms with E-state index in [1.807, 2.05) is 19.1 Å². The topological polar surface area (TPSA) is 42.0 Å². The lowest BCUT2D eigenvalue weighted by Gasteiger charge is -2.01. The Morgan fingerprint density at radius 3 is 2.85 bits per heavy atom. The van der Waals surface area contributed by atoms with Crippen LogP contribution in [0.1, 0.15) is 5.69 Å². The maximum absolute atomic E-state index is 10.8. The second-order valence-electron chi connectivity index (χ2n) is 2.35. The Bertz CT molecular complexity index is 291. The maximum atomic E-state index is 10.8. The van der Waals surface area contributed by atoms with Gasteiger partial charge >= 0.3 is 0 Å². The molecule has 0 spiro atoms. The highest BCUT2D eigenvalue weighted by atomic mass is 35.5. The van der Waals surface area contributed by atoms with Gasteiger partial charge in [0.05, 0.1) is 0 Å². The first-order valence-corrected chi connectivity index (χ1v) is 4.05. The Morgan fingerprint density at radius 1 is 1.62 bits per heavy atom. The van der Waals surface area contributed by atoms with Crippen molar-refractivity contribution in [3.8, 4) is 0 Å². The Labute approximate surface area is 87.9 Å². The summed E-state index contributed by atoms with van der Waals surface area (Å²) in [6.07, 6.45) is 0. The fraction of sp³-hybridized carbons (Fsp3) is 0.250. The first-order chi connectivity index (χ1) is 5.72. The quantitative estimate of drug-likeness (QED) is 0.776. The Balaban J connectivity index is 0.00000144. The number of halogens is 2. The number of carbonyl (C=O) groups excluding carboxylic acids is 1. The average molecular weight is 221 g/mol. The number of pyridine rings is 1. The zero-order chi connectivity index (χ0) is 8.97. The van der Waals surface area contributed by atoms with Crippen molar-refractivity contribution in [2.45, 2.75) is 6.92 Å². The van der Waals surface area contributed by atoms with Crippen LogP contribution in [0.4, 0.5) is 5.82 Å². The van der Waals surface area contributed by atoms with E-state index >= 15 is 0 Å². The predicted molar refractivity (Wildman–Crippen MR) is 55.6 cm³/mol. The first-order valence-electron chi connectivity index (χ1n) is 3.52. The van der Waals surface area contributed by atoms with Gasteiger partial charge in [0, 0.05) is 5.69 Å². The molecule has 0 aliphatic carbocycles. The molecule has 1 heterocycles. The van der Waals surface area contributed by atoms with Crippen molar-refractivity contribution in [1.82, 2.24) is 4.98 Å². The van der Waals surface area contributed by atoms with Crippen LogP contribution in [0.2, 0.25) is 0 Å². The Kier molecular flexibility index (Phi) is 5.42. The number of alkyl halides is 1. The normalized spacial score (nSPS) is 8.77. The Morgan fingerprint density at radius 2 is 2.31 bits per heavy atom. The molecule has 0 fully saturated rings. The first kappa shape index (κ1) is 12.2. The number of amides is 1. The molecule has 0 saturated carbocycles. The molecule has 0 aromatic carbocycles. The third kappa shape index (κ3) is 4.10. The van der Waals surface area contributed by atoms with Crippen molar-refractivity contribution >= 4 is 35.7 Å². The van der Waals surface area contributed by atoms with Gasteiger partial charge < -0.3 is 5.32 Å². The van der Waals surface area contributed by atoms with Crippen LogP contribution >= 0.6 is 24.0 Å². The molecule has 0 aliphatic rings. The number of hydrogen-bond acceptors (Lipinski definition) is 2. The van der Waals surface area contributed by atoms with Gasteiger partial charge in [-0.15, -0.1) is 24.0 Å². The highest BCUT2D eigenvalue weighted by Crippen LogP contribution is 2.03. The van der Waals surface area contributed by atoms with Crippen molar-refractivity contribution in [1.29, 1.82) is 0 Å². The summed E-state index contributed by atoms with van der Waals surface area (Å²) in [5.74, 6) is 0.255. The highest BCUT2D eigenvalue weighted by molar-refractivity contribution is 6.28. The van der Waals surface area contributed by atoms with Gasteiger partial charge in [-0.2, -0.15) is 0 Å². The molecular formula is C8H10Cl2N2O. The summed E-state index contributed by atoms with van der Waals surface area (Å²) < 4.78 is 0. The lowest BCUT2D eigenvalue weighted by molar-refractivity contribution is -0.113. The summed E-state index contributed by atoms with van der Waals surface area (Å²) in [7, 11) is 0. The molecule has 1 aromatic heterocycles. The van der Waals surface area contributed by atoms with Gasteiger partial charge in [-0.05, 0) is 19.1 Å². The molecule has 72 valence electrons. The fourth-order valence-corrected chi connectivity index (χ4v) is 0.856. The summed E-state index contributed by atoms with van der Waals surface area (Å²) >= 11 is 5.30. The number of carbonyl (C=O) groups is 1. The summed E-state index contributed by atoms with van der Waals surface area (Å²) in [5, 5.41) is 2.55. The van der Waals surface area contributed by atoms with Crippen molar-refractivity contribution < 1.29 is 4.79 Å². The average Bonchev–Trinajstić information content (AvgIpc) is 2.04. The minimum absolute atomic E-state index is 0. The summed E-state index contributed by atoms with van der Waals surface area (Å²) in [6.45, 7) is 1.86. The van der Waals surface area contributed by atoms with E-state index < -0.39 is 0 Å². The number of anilines is 1. The van der Waals surface area contributed by atoms with E-state index in [9.17, 15) is 4.79 Å². The van der Waals surface area contributed by atoms with Crippen LogP contribution < -0.4 is 5.32 Å². The molecule has 1 N–H and O–H groups in total. The second kappa shape index (κ2) is 5.78. The van der Waals surface area contributed by atoms with Crippen molar-refractivity contribution in [3.05, 3.63) is 23.9 Å². The molecule has 0 aliphatic heterocycles. The smallest absolute Gasteiger partial charge is 0.240 e. The number of hydrogen-bond donors (Lipinski definition) is 1. The molecule has 3 nitrogen and oxygen atoms in total. The number of nitrogens with zero attached hydrogens (tertiary/aromatic N) is 1. The summed E-state index contributed by atoms with van der Waals surface area (Å²) in [5.41, 5.74) is 0.863. The number of rotatable bonds is 2. The van der Waals surface area contributed by atoms with Gasteiger partial charge in [0.25, 0.3) is 0 Å². The standard InChI is InChI=1S/C8H9ClN2O.ClH/c1-6-3-2-4-7(10-6)11-8(12)5-9;/h2-4H,5H2,1H3,(H,10,11,12);1H. The van der Waals surface area contributed by atoms with E-state index in [1.54, 1.807) is 6.07 Å². The molecule has 0 atom stereocenters. The van der Waals surface area contributed by atoms with Crippen LogP contribution in [0.5, 0.6) is 0 Å².